The Balaban J connectivity index is 2.14. The Hall–Kier alpha value is -2.14. The number of nitrogens with zero attached hydrogens (tertiary/aromatic N) is 3. The first-order chi connectivity index (χ1) is 10.1. The molecule has 0 fully saturated rings. The lowest BCUT2D eigenvalue weighted by atomic mass is 10.1. The topological polar surface area (TPSA) is 64.3 Å². The molecule has 0 bridgehead atoms. The monoisotopic (exact) mass is 286 g/mol. The molecule has 0 aliphatic heterocycles. The Labute approximate surface area is 125 Å². The molecule has 0 atom stereocenters. The zero-order chi connectivity index (χ0) is 15.2. The highest BCUT2D eigenvalue weighted by atomic mass is 16.5. The van der Waals surface area contributed by atoms with Gasteiger partial charge in [-0.15, -0.1) is 0 Å². The summed E-state index contributed by atoms with van der Waals surface area (Å²) in [6.07, 6.45) is 3.45. The van der Waals surface area contributed by atoms with E-state index in [0.29, 0.717) is 12.4 Å². The molecule has 0 aliphatic carbocycles. The van der Waals surface area contributed by atoms with Crippen molar-refractivity contribution in [3.05, 3.63) is 47.8 Å². The zero-order valence-electron chi connectivity index (χ0n) is 12.8. The van der Waals surface area contributed by atoms with Gasteiger partial charge in [-0.2, -0.15) is 4.98 Å². The summed E-state index contributed by atoms with van der Waals surface area (Å²) in [7, 11) is 1.98. The largest absolute Gasteiger partial charge is 0.474 e. The second-order valence-corrected chi connectivity index (χ2v) is 5.21. The summed E-state index contributed by atoms with van der Waals surface area (Å²) in [4.78, 5) is 10.7. The number of aromatic nitrogens is 2. The van der Waals surface area contributed by atoms with Crippen molar-refractivity contribution in [2.75, 3.05) is 11.9 Å². The maximum absolute atomic E-state index is 5.78. The molecule has 1 heterocycles. The minimum atomic E-state index is 0.0813. The van der Waals surface area contributed by atoms with Crippen LogP contribution in [0.1, 0.15) is 25.0 Å². The van der Waals surface area contributed by atoms with Crippen molar-refractivity contribution < 1.29 is 4.74 Å². The van der Waals surface area contributed by atoms with E-state index in [-0.39, 0.29) is 6.10 Å². The first-order valence-electron chi connectivity index (χ1n) is 7.07. The van der Waals surface area contributed by atoms with Gasteiger partial charge in [0.15, 0.2) is 5.82 Å². The SMILES string of the molecule is CC(C)Oc1cncc(N(C)Cc2ccccc2CN)n1. The third-order valence-electron chi connectivity index (χ3n) is 3.09. The minimum Gasteiger partial charge on any atom is -0.474 e. The number of rotatable bonds is 6. The molecule has 5 nitrogen and oxygen atoms in total. The smallest absolute Gasteiger partial charge is 0.234 e. The summed E-state index contributed by atoms with van der Waals surface area (Å²) in [5.74, 6) is 1.32. The van der Waals surface area contributed by atoms with E-state index in [1.165, 1.54) is 5.56 Å². The van der Waals surface area contributed by atoms with Crippen LogP contribution in [0.4, 0.5) is 5.82 Å². The summed E-state index contributed by atoms with van der Waals surface area (Å²) < 4.78 is 5.58. The molecule has 0 amide bonds. The van der Waals surface area contributed by atoms with Gasteiger partial charge in [0.1, 0.15) is 0 Å². The number of ether oxygens (including phenoxy) is 1. The van der Waals surface area contributed by atoms with Gasteiger partial charge in [-0.25, -0.2) is 0 Å². The second kappa shape index (κ2) is 7.04. The van der Waals surface area contributed by atoms with E-state index >= 15 is 0 Å². The molecule has 2 N–H and O–H groups in total. The fraction of sp³-hybridized carbons (Fsp3) is 0.375. The highest BCUT2D eigenvalue weighted by Crippen LogP contribution is 2.17. The molecule has 0 saturated carbocycles. The molecule has 0 aliphatic rings. The highest BCUT2D eigenvalue weighted by Gasteiger charge is 2.09. The van der Waals surface area contributed by atoms with E-state index in [4.69, 9.17) is 10.5 Å². The lowest BCUT2D eigenvalue weighted by Crippen LogP contribution is -2.20. The zero-order valence-corrected chi connectivity index (χ0v) is 12.8. The predicted octanol–water partition coefficient (Wildman–Crippen LogP) is 2.36. The van der Waals surface area contributed by atoms with Crippen LogP contribution in [0.3, 0.4) is 0 Å². The quantitative estimate of drug-likeness (QED) is 0.883. The van der Waals surface area contributed by atoms with Gasteiger partial charge >= 0.3 is 0 Å². The fourth-order valence-corrected chi connectivity index (χ4v) is 2.07. The Kier molecular flexibility index (Phi) is 5.11. The summed E-state index contributed by atoms with van der Waals surface area (Å²) in [6, 6.07) is 8.16. The number of hydrogen-bond acceptors (Lipinski definition) is 5. The third-order valence-corrected chi connectivity index (χ3v) is 3.09. The summed E-state index contributed by atoms with van der Waals surface area (Å²) in [5, 5.41) is 0. The molecule has 2 aromatic rings. The molecule has 1 aromatic carbocycles. The summed E-state index contributed by atoms with van der Waals surface area (Å²) in [6.45, 7) is 5.20. The van der Waals surface area contributed by atoms with Gasteiger partial charge in [-0.3, -0.25) is 4.98 Å². The standard InChI is InChI=1S/C16H22N4O/c1-12(2)21-16-10-18-9-15(19-16)20(3)11-14-7-5-4-6-13(14)8-17/h4-7,9-10,12H,8,11,17H2,1-3H3. The molecular weight excluding hydrogens is 264 g/mol. The Bertz CT molecular complexity index is 586. The van der Waals surface area contributed by atoms with Crippen molar-refractivity contribution in [3.8, 4) is 5.88 Å². The van der Waals surface area contributed by atoms with Crippen molar-refractivity contribution >= 4 is 5.82 Å². The van der Waals surface area contributed by atoms with Gasteiger partial charge in [0, 0.05) is 20.1 Å². The van der Waals surface area contributed by atoms with E-state index in [2.05, 4.69) is 16.0 Å². The van der Waals surface area contributed by atoms with Gasteiger partial charge in [0.25, 0.3) is 0 Å². The van der Waals surface area contributed by atoms with Crippen LogP contribution in [-0.2, 0) is 13.1 Å². The van der Waals surface area contributed by atoms with Crippen molar-refractivity contribution in [3.63, 3.8) is 0 Å². The third kappa shape index (κ3) is 4.16. The van der Waals surface area contributed by atoms with Crippen LogP contribution < -0.4 is 15.4 Å². The van der Waals surface area contributed by atoms with Crippen LogP contribution in [0.5, 0.6) is 5.88 Å². The minimum absolute atomic E-state index is 0.0813. The molecule has 21 heavy (non-hydrogen) atoms. The molecule has 2 rings (SSSR count). The van der Waals surface area contributed by atoms with Gasteiger partial charge in [-0.05, 0) is 25.0 Å². The first kappa shape index (κ1) is 15.3. The van der Waals surface area contributed by atoms with E-state index in [9.17, 15) is 0 Å². The van der Waals surface area contributed by atoms with E-state index in [1.54, 1.807) is 12.4 Å². The van der Waals surface area contributed by atoms with Crippen LogP contribution in [0.15, 0.2) is 36.7 Å². The van der Waals surface area contributed by atoms with E-state index < -0.39 is 0 Å². The van der Waals surface area contributed by atoms with Crippen LogP contribution >= 0.6 is 0 Å². The number of nitrogens with two attached hydrogens (primary N) is 1. The first-order valence-corrected chi connectivity index (χ1v) is 7.07. The molecule has 112 valence electrons. The van der Waals surface area contributed by atoms with E-state index in [0.717, 1.165) is 17.9 Å². The second-order valence-electron chi connectivity index (χ2n) is 5.21. The average Bonchev–Trinajstić information content (AvgIpc) is 2.47. The molecule has 0 radical (unpaired) electrons. The molecular formula is C16H22N4O. The molecule has 0 spiro atoms. The number of benzene rings is 1. The van der Waals surface area contributed by atoms with Crippen LogP contribution in [0, 0.1) is 0 Å². The van der Waals surface area contributed by atoms with Gasteiger partial charge in [0.2, 0.25) is 5.88 Å². The van der Waals surface area contributed by atoms with Crippen molar-refractivity contribution in [2.45, 2.75) is 33.0 Å². The number of anilines is 1. The molecule has 1 aromatic heterocycles. The van der Waals surface area contributed by atoms with Gasteiger partial charge < -0.3 is 15.4 Å². The molecule has 0 saturated heterocycles. The van der Waals surface area contributed by atoms with Crippen molar-refractivity contribution in [1.82, 2.24) is 9.97 Å². The summed E-state index contributed by atoms with van der Waals surface area (Å²) >= 11 is 0. The van der Waals surface area contributed by atoms with Crippen molar-refractivity contribution in [2.24, 2.45) is 5.73 Å². The van der Waals surface area contributed by atoms with E-state index in [1.807, 2.05) is 44.0 Å². The highest BCUT2D eigenvalue weighted by molar-refractivity contribution is 5.39. The Morgan fingerprint density at radius 3 is 2.57 bits per heavy atom. The molecule has 5 heteroatoms. The van der Waals surface area contributed by atoms with Crippen molar-refractivity contribution in [1.29, 1.82) is 0 Å². The van der Waals surface area contributed by atoms with Crippen LogP contribution in [0.25, 0.3) is 0 Å². The Morgan fingerprint density at radius 2 is 1.90 bits per heavy atom. The maximum Gasteiger partial charge on any atom is 0.234 e. The lowest BCUT2D eigenvalue weighted by Gasteiger charge is -2.20. The Morgan fingerprint density at radius 1 is 1.19 bits per heavy atom. The summed E-state index contributed by atoms with van der Waals surface area (Å²) in [5.41, 5.74) is 8.12. The predicted molar refractivity (Wildman–Crippen MR) is 84.2 cm³/mol. The van der Waals surface area contributed by atoms with Crippen LogP contribution in [-0.4, -0.2) is 23.1 Å². The normalized spacial score (nSPS) is 10.7. The fourth-order valence-electron chi connectivity index (χ4n) is 2.07. The lowest BCUT2D eigenvalue weighted by molar-refractivity contribution is 0.231. The van der Waals surface area contributed by atoms with Crippen LogP contribution in [0.2, 0.25) is 0 Å². The van der Waals surface area contributed by atoms with Gasteiger partial charge in [0.05, 0.1) is 18.5 Å². The number of hydrogen-bond donors (Lipinski definition) is 1. The average molecular weight is 286 g/mol. The molecule has 0 unspecified atom stereocenters. The maximum atomic E-state index is 5.78. The van der Waals surface area contributed by atoms with Gasteiger partial charge in [-0.1, -0.05) is 24.3 Å².